The molecule has 0 aromatic heterocycles. The molecule has 0 aromatic rings. The maximum absolute atomic E-state index is 9.96. The van der Waals surface area contributed by atoms with Gasteiger partial charge in [0.15, 0.2) is 0 Å². The number of rotatable bonds is 5. The molecule has 0 heterocycles. The summed E-state index contributed by atoms with van der Waals surface area (Å²) in [5.41, 5.74) is 5.13. The van der Waals surface area contributed by atoms with E-state index in [0.29, 0.717) is 6.42 Å². The molecule has 1 unspecified atom stereocenters. The van der Waals surface area contributed by atoms with Gasteiger partial charge in [-0.2, -0.15) is 11.8 Å². The number of aliphatic hydroxyl groups excluding tert-OH is 2. The third kappa shape index (κ3) is 31.5. The van der Waals surface area contributed by atoms with Crippen LogP contribution in [0.3, 0.4) is 0 Å². The third-order valence-electron chi connectivity index (χ3n) is 1.20. The van der Waals surface area contributed by atoms with Crippen molar-refractivity contribution in [2.75, 3.05) is 18.6 Å². The first kappa shape index (κ1) is 30.7. The van der Waals surface area contributed by atoms with E-state index in [1.165, 1.54) is 6.92 Å². The Morgan fingerprint density at radius 3 is 2.06 bits per heavy atom. The topological polar surface area (TPSA) is 107 Å². The Morgan fingerprint density at radius 2 is 1.88 bits per heavy atom. The van der Waals surface area contributed by atoms with Crippen molar-refractivity contribution >= 4 is 30.1 Å². The van der Waals surface area contributed by atoms with Crippen LogP contribution in [0.15, 0.2) is 0 Å². The van der Waals surface area contributed by atoms with Crippen LogP contribution in [0.2, 0.25) is 0 Å². The van der Waals surface area contributed by atoms with Gasteiger partial charge in [0.1, 0.15) is 0 Å². The van der Waals surface area contributed by atoms with Gasteiger partial charge in [0, 0.05) is 6.04 Å². The molecular weight excluding hydrogens is 336 g/mol. The van der Waals surface area contributed by atoms with Crippen LogP contribution < -0.4 is 23.2 Å². The number of nitrogens with two attached hydrogens (primary N) is 1. The second kappa shape index (κ2) is 22.0. The molecule has 0 saturated heterocycles. The van der Waals surface area contributed by atoms with E-state index >= 15 is 0 Å². The molecule has 17 heavy (non-hydrogen) atoms. The standard InChI is InChI=1S/C5H11NO2S.C3H8O2.2ClH.Co/c1-9-3-2-4(6)5(7)8;1-3(5)2-4;;;/h4H,2-3,6H2,1H3,(H,7,8);3-5H,2H2,1H3;2*1H;/q;;;;+2/p-2/t4-;;;;/m0..../s1. The van der Waals surface area contributed by atoms with Gasteiger partial charge in [-0.05, 0) is 25.4 Å². The van der Waals surface area contributed by atoms with Crippen LogP contribution in [0.4, 0.5) is 0 Å². The molecule has 0 bridgehead atoms. The van der Waals surface area contributed by atoms with Crippen molar-refractivity contribution in [3.05, 3.63) is 0 Å². The zero-order valence-electron chi connectivity index (χ0n) is 9.59. The van der Waals surface area contributed by atoms with E-state index in [2.05, 4.69) is 0 Å². The van der Waals surface area contributed by atoms with E-state index in [9.17, 15) is 9.90 Å². The number of carbonyl (C=O) groups excluding carboxylic acids is 1. The zero-order valence-corrected chi connectivity index (χ0v) is 13.0. The van der Waals surface area contributed by atoms with Crippen LogP contribution in [0.5, 0.6) is 0 Å². The van der Waals surface area contributed by atoms with Gasteiger partial charge in [0.25, 0.3) is 0 Å². The monoisotopic (exact) mass is 354 g/mol. The van der Waals surface area contributed by atoms with Crippen molar-refractivity contribution in [2.45, 2.75) is 25.5 Å². The quantitative estimate of drug-likeness (QED) is 0.460. The summed E-state index contributed by atoms with van der Waals surface area (Å²) < 4.78 is 0. The summed E-state index contributed by atoms with van der Waals surface area (Å²) in [6, 6.07) is -0.794. The molecule has 4 N–H and O–H groups in total. The first-order valence-corrected chi connectivity index (χ1v) is 5.59. The minimum absolute atomic E-state index is 0. The van der Waals surface area contributed by atoms with E-state index in [0.717, 1.165) is 5.75 Å². The maximum Gasteiger partial charge on any atom is 2.00 e. The van der Waals surface area contributed by atoms with Crippen molar-refractivity contribution in [3.8, 4) is 0 Å². The number of carbonyl (C=O) groups is 1. The molecule has 0 spiro atoms. The Bertz CT molecular complexity index is 157. The summed E-state index contributed by atoms with van der Waals surface area (Å²) in [5.74, 6) is -0.390. The number of thioether (sulfide) groups is 1. The molecule has 0 aliphatic carbocycles. The van der Waals surface area contributed by atoms with Gasteiger partial charge in [0.2, 0.25) is 0 Å². The normalized spacial score (nSPS) is 11.4. The number of aliphatic hydroxyl groups is 2. The van der Waals surface area contributed by atoms with Crippen LogP contribution in [-0.4, -0.2) is 46.9 Å². The summed E-state index contributed by atoms with van der Waals surface area (Å²) in [7, 11) is 0. The van der Waals surface area contributed by atoms with Crippen LogP contribution in [0.1, 0.15) is 13.3 Å². The second-order valence-corrected chi connectivity index (χ2v) is 3.72. The van der Waals surface area contributed by atoms with Crippen molar-refractivity contribution in [2.24, 2.45) is 5.73 Å². The summed E-state index contributed by atoms with van der Waals surface area (Å²) in [5, 5.41) is 26.0. The average molecular weight is 355 g/mol. The van der Waals surface area contributed by atoms with E-state index in [4.69, 9.17) is 15.9 Å². The first-order valence-electron chi connectivity index (χ1n) is 4.20. The van der Waals surface area contributed by atoms with Gasteiger partial charge in [0.05, 0.1) is 18.7 Å². The number of hydrogen-bond donors (Lipinski definition) is 3. The smallest absolute Gasteiger partial charge is 1.00 e. The predicted molar refractivity (Wildman–Crippen MR) is 62.0 cm³/mol. The molecule has 0 rings (SSSR count). The van der Waals surface area contributed by atoms with E-state index < -0.39 is 18.1 Å². The van der Waals surface area contributed by atoms with E-state index in [-0.39, 0.29) is 48.2 Å². The van der Waals surface area contributed by atoms with E-state index in [1.54, 1.807) is 11.8 Å². The molecule has 0 aliphatic rings. The van der Waals surface area contributed by atoms with Gasteiger partial charge >= 0.3 is 16.8 Å². The summed E-state index contributed by atoms with van der Waals surface area (Å²) >= 11 is 1.58. The zero-order chi connectivity index (χ0) is 11.6. The summed E-state index contributed by atoms with van der Waals surface area (Å²) in [6.07, 6.45) is 1.83. The number of aliphatic carboxylic acids is 1. The Balaban J connectivity index is -0.0000000533. The minimum atomic E-state index is -1.16. The fourth-order valence-electron chi connectivity index (χ4n) is 0.363. The number of halogens is 2. The largest absolute Gasteiger partial charge is 2.00 e. The first-order chi connectivity index (χ1) is 6.45. The molecule has 1 radical (unpaired) electrons. The van der Waals surface area contributed by atoms with Gasteiger partial charge in [-0.1, -0.05) is 0 Å². The molecule has 0 amide bonds. The van der Waals surface area contributed by atoms with Crippen molar-refractivity contribution in [1.82, 2.24) is 0 Å². The number of carboxylic acid groups (broad SMARTS) is 1. The number of carboxylic acids is 1. The number of hydrogen-bond acceptors (Lipinski definition) is 6. The molecule has 0 aliphatic heterocycles. The minimum Gasteiger partial charge on any atom is -1.00 e. The average Bonchev–Trinajstić information content (AvgIpc) is 2.14. The maximum atomic E-state index is 9.96. The van der Waals surface area contributed by atoms with Gasteiger partial charge in [-0.25, -0.2) is 0 Å². The van der Waals surface area contributed by atoms with Crippen LogP contribution in [0.25, 0.3) is 0 Å². The van der Waals surface area contributed by atoms with Crippen LogP contribution in [-0.2, 0) is 21.6 Å². The Labute approximate surface area is 129 Å². The van der Waals surface area contributed by atoms with Crippen LogP contribution >= 0.6 is 24.2 Å². The molecule has 0 fully saturated rings. The fraction of sp³-hybridized carbons (Fsp3) is 0.875. The van der Waals surface area contributed by atoms with Crippen LogP contribution in [0, 0.1) is 0 Å². The molecular formula is C8H19Cl2CoNO4S. The van der Waals surface area contributed by atoms with Gasteiger partial charge < -0.3 is 38.3 Å². The SMILES string of the molecule is CC(O)CO.CSCC[C@H](N)C(=O)[O-].Cl.[Cl-].[Co+2]. The Morgan fingerprint density at radius 1 is 1.53 bits per heavy atom. The summed E-state index contributed by atoms with van der Waals surface area (Å²) in [4.78, 5) is 9.96. The van der Waals surface area contributed by atoms with Crippen molar-refractivity contribution in [3.63, 3.8) is 0 Å². The predicted octanol–water partition coefficient (Wildman–Crippen LogP) is -4.40. The Hall–Kier alpha value is 0.786. The molecule has 0 saturated carbocycles. The van der Waals surface area contributed by atoms with E-state index in [1.807, 2.05) is 6.26 Å². The van der Waals surface area contributed by atoms with Crippen molar-refractivity contribution in [1.29, 1.82) is 0 Å². The third-order valence-corrected chi connectivity index (χ3v) is 1.84. The Kier molecular flexibility index (Phi) is 39.7. The van der Waals surface area contributed by atoms with Gasteiger partial charge in [-0.3, -0.25) is 0 Å². The second-order valence-electron chi connectivity index (χ2n) is 2.74. The fourth-order valence-corrected chi connectivity index (χ4v) is 0.852. The molecule has 0 aromatic carbocycles. The molecule has 9 heteroatoms. The molecule has 5 nitrogen and oxygen atoms in total. The molecule has 109 valence electrons. The summed E-state index contributed by atoms with van der Waals surface area (Å²) in [6.45, 7) is 1.39. The molecule has 2 atom stereocenters. The van der Waals surface area contributed by atoms with Crippen molar-refractivity contribution < 1.29 is 49.3 Å². The van der Waals surface area contributed by atoms with Gasteiger partial charge in [-0.15, -0.1) is 12.4 Å².